The van der Waals surface area contributed by atoms with Gasteiger partial charge in [0.25, 0.3) is 0 Å². The minimum absolute atomic E-state index is 0.288. The summed E-state index contributed by atoms with van der Waals surface area (Å²) in [6.45, 7) is 1.24. The van der Waals surface area contributed by atoms with Crippen molar-refractivity contribution < 1.29 is 13.3 Å². The number of hydrogen-bond acceptors (Lipinski definition) is 2. The Balaban J connectivity index is 1.92. The summed E-state index contributed by atoms with van der Waals surface area (Å²) in [7, 11) is 0.755. The Bertz CT molecular complexity index is 736. The van der Waals surface area contributed by atoms with Gasteiger partial charge in [-0.2, -0.15) is 0 Å². The molecule has 2 aromatic rings. The van der Waals surface area contributed by atoms with E-state index >= 15 is 0 Å². The van der Waals surface area contributed by atoms with Crippen LogP contribution in [0.5, 0.6) is 0 Å². The Labute approximate surface area is 138 Å². The number of rotatable bonds is 7. The van der Waals surface area contributed by atoms with Crippen LogP contribution in [0.4, 0.5) is 0 Å². The van der Waals surface area contributed by atoms with Gasteiger partial charge in [0.15, 0.2) is 0 Å². The first kappa shape index (κ1) is 17.4. The highest BCUT2D eigenvalue weighted by molar-refractivity contribution is 7.92. The van der Waals surface area contributed by atoms with Crippen LogP contribution in [0.25, 0.3) is 6.08 Å². The molecule has 0 amide bonds. The molecule has 0 saturated heterocycles. The molecule has 0 bridgehead atoms. The fraction of sp³-hybridized carbons (Fsp3) is 0.222. The lowest BCUT2D eigenvalue weighted by atomic mass is 10.1. The van der Waals surface area contributed by atoms with E-state index in [4.69, 9.17) is 0 Å². The zero-order chi connectivity index (χ0) is 16.7. The highest BCUT2D eigenvalue weighted by Crippen LogP contribution is 2.06. The second-order valence-corrected chi connectivity index (χ2v) is 7.43. The molecule has 23 heavy (non-hydrogen) atoms. The molecule has 0 heterocycles. The van der Waals surface area contributed by atoms with Crippen LogP contribution in [0.1, 0.15) is 16.7 Å². The third-order valence-corrected chi connectivity index (χ3v) is 4.34. The molecule has 5 heteroatoms. The Kier molecular flexibility index (Phi) is 6.10. The molecule has 0 spiro atoms. The summed E-state index contributed by atoms with van der Waals surface area (Å²) in [5.74, 6) is 0. The van der Waals surface area contributed by atoms with Crippen LogP contribution in [0.15, 0.2) is 60.0 Å². The van der Waals surface area contributed by atoms with E-state index in [1.54, 1.807) is 6.08 Å². The van der Waals surface area contributed by atoms with Crippen molar-refractivity contribution in [2.45, 2.75) is 13.1 Å². The van der Waals surface area contributed by atoms with Gasteiger partial charge in [0, 0.05) is 17.5 Å². The van der Waals surface area contributed by atoms with Gasteiger partial charge >= 0.3 is 0 Å². The predicted molar refractivity (Wildman–Crippen MR) is 94.2 cm³/mol. The van der Waals surface area contributed by atoms with Crippen molar-refractivity contribution in [1.29, 1.82) is 0 Å². The second-order valence-electron chi connectivity index (χ2n) is 5.78. The van der Waals surface area contributed by atoms with Crippen molar-refractivity contribution in [2.24, 2.45) is 0 Å². The lowest BCUT2D eigenvalue weighted by molar-refractivity contribution is -0.872. The summed E-state index contributed by atoms with van der Waals surface area (Å²) in [5, 5.41) is 1.20. The first-order chi connectivity index (χ1) is 10.9. The first-order valence-corrected chi connectivity index (χ1v) is 9.09. The Hall–Kier alpha value is -1.95. The quantitative estimate of drug-likeness (QED) is 0.806. The van der Waals surface area contributed by atoms with E-state index in [0.717, 1.165) is 17.7 Å². The van der Waals surface area contributed by atoms with E-state index in [-0.39, 0.29) is 6.54 Å². The molecule has 0 unspecified atom stereocenters. The highest BCUT2D eigenvalue weighted by atomic mass is 32.2. The molecule has 4 nitrogen and oxygen atoms in total. The monoisotopic (exact) mass is 331 g/mol. The van der Waals surface area contributed by atoms with Crippen LogP contribution in [-0.2, 0) is 23.1 Å². The highest BCUT2D eigenvalue weighted by Gasteiger charge is 2.05. The summed E-state index contributed by atoms with van der Waals surface area (Å²) >= 11 is 0. The maximum absolute atomic E-state index is 12.0. The van der Waals surface area contributed by atoms with E-state index in [0.29, 0.717) is 0 Å². The minimum Gasteiger partial charge on any atom is -0.336 e. The molecule has 0 saturated carbocycles. The van der Waals surface area contributed by atoms with Gasteiger partial charge in [-0.05, 0) is 17.2 Å². The number of sulfonamides is 1. The van der Waals surface area contributed by atoms with Crippen molar-refractivity contribution >= 4 is 16.1 Å². The van der Waals surface area contributed by atoms with E-state index < -0.39 is 10.0 Å². The molecule has 122 valence electrons. The van der Waals surface area contributed by atoms with Crippen molar-refractivity contribution in [3.05, 3.63) is 76.7 Å². The van der Waals surface area contributed by atoms with Gasteiger partial charge in [-0.15, -0.1) is 0 Å². The average Bonchev–Trinajstić information content (AvgIpc) is 2.53. The van der Waals surface area contributed by atoms with Crippen LogP contribution in [0.3, 0.4) is 0 Å². The molecule has 2 rings (SSSR count). The molecule has 0 radical (unpaired) electrons. The Morgan fingerprint density at radius 1 is 0.957 bits per heavy atom. The van der Waals surface area contributed by atoms with Crippen molar-refractivity contribution in [1.82, 2.24) is 4.72 Å². The van der Waals surface area contributed by atoms with Crippen LogP contribution in [0.2, 0.25) is 0 Å². The van der Waals surface area contributed by atoms with Crippen LogP contribution >= 0.6 is 0 Å². The molecule has 0 fully saturated rings. The third-order valence-electron chi connectivity index (χ3n) is 3.30. The standard InChI is InChI=1S/C18H22N2O2S/c1-20(2)15-18-10-8-17(9-11-18)14-19-23(21,22)13-12-16-6-4-3-5-7-16/h3-13,19H,14-15H2,1-2H3/p+1/b13-12+. The summed E-state index contributed by atoms with van der Waals surface area (Å²) < 4.78 is 26.6. The van der Waals surface area contributed by atoms with Gasteiger partial charge in [0.05, 0.1) is 14.1 Å². The SMILES string of the molecule is C[NH+](C)Cc1ccc(CNS(=O)(=O)/C=C/c2ccccc2)cc1. The van der Waals surface area contributed by atoms with Gasteiger partial charge in [-0.1, -0.05) is 54.6 Å². The molecule has 0 aliphatic heterocycles. The number of quaternary nitrogens is 1. The van der Waals surface area contributed by atoms with Crippen LogP contribution in [0, 0.1) is 0 Å². The summed E-state index contributed by atoms with van der Waals surface area (Å²) in [5.41, 5.74) is 3.04. The lowest BCUT2D eigenvalue weighted by Crippen LogP contribution is -3.04. The smallest absolute Gasteiger partial charge is 0.234 e. The fourth-order valence-corrected chi connectivity index (χ4v) is 2.95. The molecule has 2 N–H and O–H groups in total. The molecule has 0 atom stereocenters. The normalized spacial score (nSPS) is 12.1. The summed E-state index contributed by atoms with van der Waals surface area (Å²) in [4.78, 5) is 1.35. The van der Waals surface area contributed by atoms with Gasteiger partial charge in [0.1, 0.15) is 6.54 Å². The number of benzene rings is 2. The Morgan fingerprint density at radius 2 is 1.57 bits per heavy atom. The number of hydrogen-bond donors (Lipinski definition) is 2. The van der Waals surface area contributed by atoms with E-state index in [9.17, 15) is 8.42 Å². The predicted octanol–water partition coefficient (Wildman–Crippen LogP) is 1.42. The molecule has 0 aliphatic carbocycles. The molecule has 2 aromatic carbocycles. The van der Waals surface area contributed by atoms with Crippen molar-refractivity contribution in [3.63, 3.8) is 0 Å². The van der Waals surface area contributed by atoms with E-state index in [1.165, 1.54) is 15.9 Å². The second kappa shape index (κ2) is 8.06. The lowest BCUT2D eigenvalue weighted by Gasteiger charge is -2.08. The number of nitrogens with one attached hydrogen (secondary N) is 2. The largest absolute Gasteiger partial charge is 0.336 e. The molecule has 0 aliphatic rings. The molecule has 0 aromatic heterocycles. The third kappa shape index (κ3) is 6.36. The van der Waals surface area contributed by atoms with Gasteiger partial charge < -0.3 is 4.90 Å². The maximum Gasteiger partial charge on any atom is 0.234 e. The van der Waals surface area contributed by atoms with Gasteiger partial charge in [0.2, 0.25) is 10.0 Å². The van der Waals surface area contributed by atoms with Crippen LogP contribution < -0.4 is 9.62 Å². The minimum atomic E-state index is -3.44. The zero-order valence-corrected chi connectivity index (χ0v) is 14.3. The molecular weight excluding hydrogens is 308 g/mol. The zero-order valence-electron chi connectivity index (χ0n) is 13.5. The molecular formula is C18H23N2O2S+. The maximum atomic E-state index is 12.0. The van der Waals surface area contributed by atoms with E-state index in [2.05, 4.69) is 18.8 Å². The topological polar surface area (TPSA) is 50.6 Å². The van der Waals surface area contributed by atoms with Crippen molar-refractivity contribution in [3.8, 4) is 0 Å². The van der Waals surface area contributed by atoms with E-state index in [1.807, 2.05) is 54.6 Å². The summed E-state index contributed by atoms with van der Waals surface area (Å²) in [6, 6.07) is 17.4. The van der Waals surface area contributed by atoms with Gasteiger partial charge in [-0.3, -0.25) is 0 Å². The Morgan fingerprint density at radius 3 is 2.17 bits per heavy atom. The van der Waals surface area contributed by atoms with Crippen molar-refractivity contribution in [2.75, 3.05) is 14.1 Å². The fourth-order valence-electron chi connectivity index (χ4n) is 2.15. The van der Waals surface area contributed by atoms with Crippen LogP contribution in [-0.4, -0.2) is 22.5 Å². The first-order valence-electron chi connectivity index (χ1n) is 7.54. The summed E-state index contributed by atoms with van der Waals surface area (Å²) in [6.07, 6.45) is 1.59. The average molecular weight is 331 g/mol. The van der Waals surface area contributed by atoms with Gasteiger partial charge in [-0.25, -0.2) is 13.1 Å².